The van der Waals surface area contributed by atoms with E-state index in [-0.39, 0.29) is 0 Å². The maximum atomic E-state index is 11.6. The third-order valence-electron chi connectivity index (χ3n) is 4.53. The van der Waals surface area contributed by atoms with Crippen molar-refractivity contribution in [3.05, 3.63) is 0 Å². The van der Waals surface area contributed by atoms with Gasteiger partial charge in [0.05, 0.1) is 5.41 Å². The number of carboxylic acids is 1. The monoisotopic (exact) mass is 239 g/mol. The molecule has 1 unspecified atom stereocenters. The average Bonchev–Trinajstić information content (AvgIpc) is 2.30. The number of carbonyl (C=O) groups is 1. The topological polar surface area (TPSA) is 40.5 Å². The standard InChI is InChI=1S/C14H25NO2/c1-12-6-5-9-15(10-12)11-14(13(16)17)7-3-2-4-8-14/h12H,2-11H2,1H3,(H,16,17). The largest absolute Gasteiger partial charge is 0.481 e. The zero-order chi connectivity index (χ0) is 12.3. The van der Waals surface area contributed by atoms with Crippen molar-refractivity contribution < 1.29 is 9.90 Å². The Hall–Kier alpha value is -0.570. The van der Waals surface area contributed by atoms with Gasteiger partial charge in [-0.15, -0.1) is 0 Å². The van der Waals surface area contributed by atoms with E-state index in [1.807, 2.05) is 0 Å². The van der Waals surface area contributed by atoms with Crippen molar-refractivity contribution in [3.63, 3.8) is 0 Å². The lowest BCUT2D eigenvalue weighted by Crippen LogP contribution is -2.47. The highest BCUT2D eigenvalue weighted by molar-refractivity contribution is 5.75. The second kappa shape index (κ2) is 5.38. The summed E-state index contributed by atoms with van der Waals surface area (Å²) in [6.07, 6.45) is 7.70. The van der Waals surface area contributed by atoms with Crippen molar-refractivity contribution in [2.75, 3.05) is 19.6 Å². The number of likely N-dealkylation sites (tertiary alicyclic amines) is 1. The Kier molecular flexibility index (Phi) is 4.08. The molecule has 1 N–H and O–H groups in total. The van der Waals surface area contributed by atoms with Crippen LogP contribution in [0.4, 0.5) is 0 Å². The number of nitrogens with zero attached hydrogens (tertiary/aromatic N) is 1. The second-order valence-corrected chi connectivity index (χ2v) is 6.13. The van der Waals surface area contributed by atoms with Gasteiger partial charge in [0.1, 0.15) is 0 Å². The highest BCUT2D eigenvalue weighted by atomic mass is 16.4. The molecular weight excluding hydrogens is 214 g/mol. The molecule has 1 atom stereocenters. The van der Waals surface area contributed by atoms with E-state index in [0.717, 1.165) is 51.2 Å². The maximum Gasteiger partial charge on any atom is 0.310 e. The predicted molar refractivity (Wildman–Crippen MR) is 68.0 cm³/mol. The number of carboxylic acid groups (broad SMARTS) is 1. The molecule has 0 radical (unpaired) electrons. The maximum absolute atomic E-state index is 11.6. The molecule has 2 aliphatic rings. The minimum Gasteiger partial charge on any atom is -0.481 e. The number of hydrogen-bond donors (Lipinski definition) is 1. The van der Waals surface area contributed by atoms with E-state index in [9.17, 15) is 9.90 Å². The Labute approximate surface area is 104 Å². The summed E-state index contributed by atoms with van der Waals surface area (Å²) in [5, 5.41) is 9.56. The molecule has 0 spiro atoms. The molecule has 2 fully saturated rings. The van der Waals surface area contributed by atoms with Crippen LogP contribution in [0.15, 0.2) is 0 Å². The van der Waals surface area contributed by atoms with Gasteiger partial charge in [0.15, 0.2) is 0 Å². The van der Waals surface area contributed by atoms with E-state index in [4.69, 9.17) is 0 Å². The fraction of sp³-hybridized carbons (Fsp3) is 0.929. The number of piperidine rings is 1. The molecule has 98 valence electrons. The van der Waals surface area contributed by atoms with Crippen molar-refractivity contribution in [1.29, 1.82) is 0 Å². The van der Waals surface area contributed by atoms with Crippen LogP contribution in [0.3, 0.4) is 0 Å². The Morgan fingerprint density at radius 3 is 2.59 bits per heavy atom. The first kappa shape index (κ1) is 12.9. The van der Waals surface area contributed by atoms with Crippen molar-refractivity contribution in [3.8, 4) is 0 Å². The average molecular weight is 239 g/mol. The third-order valence-corrected chi connectivity index (χ3v) is 4.53. The molecule has 1 saturated heterocycles. The van der Waals surface area contributed by atoms with Crippen molar-refractivity contribution in [1.82, 2.24) is 4.90 Å². The van der Waals surface area contributed by atoms with E-state index >= 15 is 0 Å². The lowest BCUT2D eigenvalue weighted by molar-refractivity contribution is -0.152. The molecule has 0 aromatic carbocycles. The molecule has 0 bridgehead atoms. The van der Waals surface area contributed by atoms with E-state index in [1.165, 1.54) is 19.3 Å². The Bertz CT molecular complexity index is 271. The van der Waals surface area contributed by atoms with Crippen LogP contribution in [-0.2, 0) is 4.79 Å². The molecule has 3 heteroatoms. The first-order valence-electron chi connectivity index (χ1n) is 7.08. The molecule has 1 aliphatic carbocycles. The van der Waals surface area contributed by atoms with E-state index < -0.39 is 11.4 Å². The third kappa shape index (κ3) is 3.01. The molecule has 2 rings (SSSR count). The number of rotatable bonds is 3. The lowest BCUT2D eigenvalue weighted by Gasteiger charge is -2.40. The van der Waals surface area contributed by atoms with Gasteiger partial charge in [-0.1, -0.05) is 26.2 Å². The fourth-order valence-electron chi connectivity index (χ4n) is 3.53. The summed E-state index contributed by atoms with van der Waals surface area (Å²) in [5.41, 5.74) is -0.435. The van der Waals surface area contributed by atoms with Crippen molar-refractivity contribution in [2.45, 2.75) is 51.9 Å². The molecule has 1 heterocycles. The lowest BCUT2D eigenvalue weighted by atomic mass is 9.73. The minimum absolute atomic E-state index is 0.435. The van der Waals surface area contributed by atoms with Crippen LogP contribution >= 0.6 is 0 Å². The van der Waals surface area contributed by atoms with Gasteiger partial charge < -0.3 is 10.0 Å². The van der Waals surface area contributed by atoms with Crippen LogP contribution < -0.4 is 0 Å². The molecule has 0 amide bonds. The van der Waals surface area contributed by atoms with Gasteiger partial charge in [-0.25, -0.2) is 0 Å². The Balaban J connectivity index is 1.99. The summed E-state index contributed by atoms with van der Waals surface area (Å²) in [7, 11) is 0. The minimum atomic E-state index is -0.560. The van der Waals surface area contributed by atoms with E-state index in [2.05, 4.69) is 11.8 Å². The summed E-state index contributed by atoms with van der Waals surface area (Å²) in [4.78, 5) is 14.0. The highest BCUT2D eigenvalue weighted by Gasteiger charge is 2.41. The summed E-state index contributed by atoms with van der Waals surface area (Å²) >= 11 is 0. The number of aliphatic carboxylic acids is 1. The van der Waals surface area contributed by atoms with Gasteiger partial charge in [0.25, 0.3) is 0 Å². The summed E-state index contributed by atoms with van der Waals surface area (Å²) in [6.45, 7) is 5.25. The molecule has 0 aromatic heterocycles. The smallest absolute Gasteiger partial charge is 0.310 e. The molecule has 1 aliphatic heterocycles. The van der Waals surface area contributed by atoms with Crippen molar-refractivity contribution in [2.24, 2.45) is 11.3 Å². The van der Waals surface area contributed by atoms with Gasteiger partial charge in [-0.05, 0) is 38.1 Å². The normalized spacial score (nSPS) is 30.1. The quantitative estimate of drug-likeness (QED) is 0.823. The SMILES string of the molecule is CC1CCCN(CC2(C(=O)O)CCCCC2)C1. The first-order chi connectivity index (χ1) is 8.12. The zero-order valence-corrected chi connectivity index (χ0v) is 11.0. The fourth-order valence-corrected chi connectivity index (χ4v) is 3.53. The van der Waals surface area contributed by atoms with Crippen LogP contribution in [-0.4, -0.2) is 35.6 Å². The van der Waals surface area contributed by atoms with Crippen LogP contribution in [0.25, 0.3) is 0 Å². The molecule has 17 heavy (non-hydrogen) atoms. The van der Waals surface area contributed by atoms with Crippen molar-refractivity contribution >= 4 is 5.97 Å². The molecule has 0 aromatic rings. The van der Waals surface area contributed by atoms with Crippen LogP contribution in [0.5, 0.6) is 0 Å². The Morgan fingerprint density at radius 1 is 1.29 bits per heavy atom. The summed E-state index contributed by atoms with van der Waals surface area (Å²) in [5.74, 6) is 0.175. The van der Waals surface area contributed by atoms with Gasteiger partial charge in [-0.3, -0.25) is 4.79 Å². The zero-order valence-electron chi connectivity index (χ0n) is 11.0. The summed E-state index contributed by atoms with van der Waals surface area (Å²) < 4.78 is 0. The van der Waals surface area contributed by atoms with Crippen LogP contribution in [0.1, 0.15) is 51.9 Å². The van der Waals surface area contributed by atoms with E-state index in [0.29, 0.717) is 0 Å². The Morgan fingerprint density at radius 2 is 2.00 bits per heavy atom. The molecule has 1 saturated carbocycles. The second-order valence-electron chi connectivity index (χ2n) is 6.13. The van der Waals surface area contributed by atoms with Crippen LogP contribution in [0.2, 0.25) is 0 Å². The molecular formula is C14H25NO2. The first-order valence-corrected chi connectivity index (χ1v) is 7.08. The molecule has 3 nitrogen and oxygen atoms in total. The van der Waals surface area contributed by atoms with Gasteiger partial charge in [-0.2, -0.15) is 0 Å². The van der Waals surface area contributed by atoms with Gasteiger partial charge >= 0.3 is 5.97 Å². The van der Waals surface area contributed by atoms with Crippen LogP contribution in [0, 0.1) is 11.3 Å². The van der Waals surface area contributed by atoms with Gasteiger partial charge in [0.2, 0.25) is 0 Å². The summed E-state index contributed by atoms with van der Waals surface area (Å²) in [6, 6.07) is 0. The predicted octanol–water partition coefficient (Wildman–Crippen LogP) is 2.75. The van der Waals surface area contributed by atoms with Gasteiger partial charge in [0, 0.05) is 13.1 Å². The van der Waals surface area contributed by atoms with E-state index in [1.54, 1.807) is 0 Å². The highest BCUT2D eigenvalue weighted by Crippen LogP contribution is 2.38. The number of hydrogen-bond acceptors (Lipinski definition) is 2.